The van der Waals surface area contributed by atoms with E-state index >= 15 is 0 Å². The molecule has 1 aliphatic heterocycles. The van der Waals surface area contributed by atoms with Gasteiger partial charge in [-0.3, -0.25) is 4.79 Å². The van der Waals surface area contributed by atoms with Crippen LogP contribution in [0.3, 0.4) is 0 Å². The van der Waals surface area contributed by atoms with Crippen LogP contribution in [0, 0.1) is 0 Å². The number of hydrogen-bond acceptors (Lipinski definition) is 4. The summed E-state index contributed by atoms with van der Waals surface area (Å²) in [4.78, 5) is 13.9. The molecule has 1 amide bonds. The number of halogens is 1. The summed E-state index contributed by atoms with van der Waals surface area (Å²) in [6.07, 6.45) is 3.95. The molecule has 1 aliphatic rings. The Balaban J connectivity index is 0.00000144. The smallest absolute Gasteiger partial charge is 0.289 e. The first-order chi connectivity index (χ1) is 7.76. The zero-order chi connectivity index (χ0) is 11.5. The van der Waals surface area contributed by atoms with E-state index in [2.05, 4.69) is 0 Å². The molecule has 2 N–H and O–H groups in total. The van der Waals surface area contributed by atoms with Gasteiger partial charge in [-0.25, -0.2) is 0 Å². The molecular formula is C11H17ClN2O2S. The third-order valence-corrected chi connectivity index (χ3v) is 3.53. The van der Waals surface area contributed by atoms with Gasteiger partial charge in [-0.1, -0.05) is 11.8 Å². The third-order valence-electron chi connectivity index (χ3n) is 2.90. The summed E-state index contributed by atoms with van der Waals surface area (Å²) >= 11 is 1.49. The predicted octanol–water partition coefficient (Wildman–Crippen LogP) is 1.99. The fraction of sp³-hybridized carbons (Fsp3) is 0.545. The monoisotopic (exact) mass is 276 g/mol. The first-order valence-electron chi connectivity index (χ1n) is 5.41. The van der Waals surface area contributed by atoms with E-state index in [0.717, 1.165) is 24.5 Å². The molecule has 2 heterocycles. The van der Waals surface area contributed by atoms with Crippen molar-refractivity contribution in [2.24, 2.45) is 5.73 Å². The molecule has 0 spiro atoms. The average molecular weight is 277 g/mol. The Morgan fingerprint density at radius 2 is 2.41 bits per heavy atom. The van der Waals surface area contributed by atoms with Crippen LogP contribution in [0.5, 0.6) is 0 Å². The van der Waals surface area contributed by atoms with Crippen molar-refractivity contribution in [2.45, 2.75) is 24.0 Å². The molecule has 1 saturated heterocycles. The van der Waals surface area contributed by atoms with E-state index in [0.29, 0.717) is 12.3 Å². The van der Waals surface area contributed by atoms with E-state index in [9.17, 15) is 4.79 Å². The number of nitrogens with two attached hydrogens (primary N) is 1. The van der Waals surface area contributed by atoms with Gasteiger partial charge in [0.25, 0.3) is 5.91 Å². The summed E-state index contributed by atoms with van der Waals surface area (Å²) in [5.74, 6) is 0.387. The minimum atomic E-state index is -0.0340. The highest BCUT2D eigenvalue weighted by atomic mass is 35.5. The van der Waals surface area contributed by atoms with Gasteiger partial charge >= 0.3 is 0 Å². The maximum Gasteiger partial charge on any atom is 0.289 e. The summed E-state index contributed by atoms with van der Waals surface area (Å²) in [7, 11) is 0. The summed E-state index contributed by atoms with van der Waals surface area (Å²) in [6, 6.07) is 3.74. The minimum absolute atomic E-state index is 0. The number of thioether (sulfide) groups is 1. The molecule has 1 unspecified atom stereocenters. The lowest BCUT2D eigenvalue weighted by atomic mass is 10.2. The van der Waals surface area contributed by atoms with Gasteiger partial charge in [-0.15, -0.1) is 12.4 Å². The molecule has 0 saturated carbocycles. The highest BCUT2D eigenvalue weighted by molar-refractivity contribution is 7.98. The van der Waals surface area contributed by atoms with Gasteiger partial charge in [-0.2, -0.15) is 0 Å². The van der Waals surface area contributed by atoms with Crippen molar-refractivity contribution in [3.63, 3.8) is 0 Å². The zero-order valence-corrected chi connectivity index (χ0v) is 11.4. The Hall–Kier alpha value is -0.650. The largest absolute Gasteiger partial charge is 0.445 e. The Morgan fingerprint density at radius 1 is 1.65 bits per heavy atom. The Bertz CT molecular complexity index is 383. The molecule has 1 fully saturated rings. The SMILES string of the molecule is CSc1ccc(C(=O)N2CCCC2CN)o1.Cl. The topological polar surface area (TPSA) is 59.5 Å². The van der Waals surface area contributed by atoms with Crippen molar-refractivity contribution < 1.29 is 9.21 Å². The van der Waals surface area contributed by atoms with Gasteiger partial charge < -0.3 is 15.1 Å². The van der Waals surface area contributed by atoms with Gasteiger partial charge in [0.2, 0.25) is 0 Å². The Morgan fingerprint density at radius 3 is 3.00 bits per heavy atom. The van der Waals surface area contributed by atoms with Crippen LogP contribution >= 0.6 is 24.2 Å². The third kappa shape index (κ3) is 2.97. The minimum Gasteiger partial charge on any atom is -0.445 e. The molecule has 1 atom stereocenters. The predicted molar refractivity (Wildman–Crippen MR) is 70.8 cm³/mol. The molecule has 1 aromatic heterocycles. The Labute approximate surface area is 111 Å². The molecule has 1 aromatic rings. The van der Waals surface area contributed by atoms with Crippen molar-refractivity contribution in [1.29, 1.82) is 0 Å². The molecule has 0 radical (unpaired) electrons. The second-order valence-electron chi connectivity index (χ2n) is 3.85. The van der Waals surface area contributed by atoms with Crippen LogP contribution in [-0.2, 0) is 0 Å². The quantitative estimate of drug-likeness (QED) is 0.858. The van der Waals surface area contributed by atoms with Crippen LogP contribution < -0.4 is 5.73 Å². The molecule has 0 bridgehead atoms. The second kappa shape index (κ2) is 6.33. The maximum absolute atomic E-state index is 12.1. The van der Waals surface area contributed by atoms with E-state index in [1.807, 2.05) is 17.2 Å². The van der Waals surface area contributed by atoms with Gasteiger partial charge in [0, 0.05) is 19.1 Å². The van der Waals surface area contributed by atoms with E-state index in [-0.39, 0.29) is 24.4 Å². The lowest BCUT2D eigenvalue weighted by molar-refractivity contribution is 0.0703. The second-order valence-corrected chi connectivity index (χ2v) is 4.66. The number of nitrogens with zero attached hydrogens (tertiary/aromatic N) is 1. The van der Waals surface area contributed by atoms with Gasteiger partial charge in [-0.05, 0) is 31.2 Å². The molecule has 4 nitrogen and oxygen atoms in total. The average Bonchev–Trinajstić information content (AvgIpc) is 2.96. The van der Waals surface area contributed by atoms with Crippen molar-refractivity contribution in [2.75, 3.05) is 19.3 Å². The molecule has 96 valence electrons. The van der Waals surface area contributed by atoms with Crippen LogP contribution in [-0.4, -0.2) is 36.2 Å². The molecule has 0 aliphatic carbocycles. The lowest BCUT2D eigenvalue weighted by Crippen LogP contribution is -2.39. The van der Waals surface area contributed by atoms with Crippen molar-refractivity contribution in [1.82, 2.24) is 4.90 Å². The van der Waals surface area contributed by atoms with Gasteiger partial charge in [0.15, 0.2) is 10.9 Å². The zero-order valence-electron chi connectivity index (χ0n) is 9.72. The van der Waals surface area contributed by atoms with Crippen LogP contribution in [0.2, 0.25) is 0 Å². The maximum atomic E-state index is 12.1. The highest BCUT2D eigenvalue weighted by Gasteiger charge is 2.29. The highest BCUT2D eigenvalue weighted by Crippen LogP contribution is 2.23. The first kappa shape index (κ1) is 14.4. The summed E-state index contributed by atoms with van der Waals surface area (Å²) in [5, 5.41) is 0.770. The number of hydrogen-bond donors (Lipinski definition) is 1. The van der Waals surface area contributed by atoms with Gasteiger partial charge in [0.1, 0.15) is 0 Å². The number of rotatable bonds is 3. The number of carbonyl (C=O) groups excluding carboxylic acids is 1. The van der Waals surface area contributed by atoms with E-state index in [1.165, 1.54) is 11.8 Å². The van der Waals surface area contributed by atoms with E-state index in [4.69, 9.17) is 10.2 Å². The number of furan rings is 1. The number of carbonyl (C=O) groups is 1. The first-order valence-corrected chi connectivity index (χ1v) is 6.63. The normalized spacial score (nSPS) is 19.2. The van der Waals surface area contributed by atoms with Crippen molar-refractivity contribution >= 4 is 30.1 Å². The van der Waals surface area contributed by atoms with Crippen molar-refractivity contribution in [3.05, 3.63) is 17.9 Å². The summed E-state index contributed by atoms with van der Waals surface area (Å²) in [6.45, 7) is 1.32. The molecule has 17 heavy (non-hydrogen) atoms. The lowest BCUT2D eigenvalue weighted by Gasteiger charge is -2.22. The fourth-order valence-electron chi connectivity index (χ4n) is 2.03. The van der Waals surface area contributed by atoms with E-state index in [1.54, 1.807) is 6.07 Å². The summed E-state index contributed by atoms with van der Waals surface area (Å²) in [5.41, 5.74) is 5.64. The number of likely N-dealkylation sites (tertiary alicyclic amines) is 1. The molecular weight excluding hydrogens is 260 g/mol. The number of amides is 1. The molecule has 0 aromatic carbocycles. The van der Waals surface area contributed by atoms with Crippen LogP contribution in [0.1, 0.15) is 23.4 Å². The van der Waals surface area contributed by atoms with E-state index < -0.39 is 0 Å². The standard InChI is InChI=1S/C11H16N2O2S.ClH/c1-16-10-5-4-9(15-10)11(14)13-6-2-3-8(13)7-12;/h4-5,8H,2-3,6-7,12H2,1H3;1H. The van der Waals surface area contributed by atoms with Gasteiger partial charge in [0.05, 0.1) is 0 Å². The van der Waals surface area contributed by atoms with Crippen LogP contribution in [0.15, 0.2) is 21.6 Å². The Kier molecular flexibility index (Phi) is 5.36. The van der Waals surface area contributed by atoms with Crippen molar-refractivity contribution in [3.8, 4) is 0 Å². The van der Waals surface area contributed by atoms with Crippen LogP contribution in [0.4, 0.5) is 0 Å². The molecule has 6 heteroatoms. The fourth-order valence-corrected chi connectivity index (χ4v) is 2.41. The van der Waals surface area contributed by atoms with Crippen LogP contribution in [0.25, 0.3) is 0 Å². The summed E-state index contributed by atoms with van der Waals surface area (Å²) < 4.78 is 5.43. The molecule has 2 rings (SSSR count).